The van der Waals surface area contributed by atoms with Crippen LogP contribution in [0, 0.1) is 6.92 Å². The molecule has 1 saturated heterocycles. The van der Waals surface area contributed by atoms with Crippen molar-refractivity contribution < 1.29 is 14.3 Å². The van der Waals surface area contributed by atoms with Crippen LogP contribution >= 0.6 is 0 Å². The van der Waals surface area contributed by atoms with Crippen LogP contribution in [0.25, 0.3) is 0 Å². The molecule has 0 saturated carbocycles. The second-order valence-electron chi connectivity index (χ2n) is 7.35. The first-order valence-electron chi connectivity index (χ1n) is 9.55. The summed E-state index contributed by atoms with van der Waals surface area (Å²) in [4.78, 5) is 31.2. The molecule has 1 aromatic heterocycles. The fourth-order valence-electron chi connectivity index (χ4n) is 4.01. The van der Waals surface area contributed by atoms with Crippen LogP contribution in [0.3, 0.4) is 0 Å². The van der Waals surface area contributed by atoms with Crippen LogP contribution in [0.1, 0.15) is 24.2 Å². The number of urea groups is 1. The van der Waals surface area contributed by atoms with Crippen molar-refractivity contribution in [3.05, 3.63) is 48.0 Å². The zero-order valence-corrected chi connectivity index (χ0v) is 16.1. The summed E-state index contributed by atoms with van der Waals surface area (Å²) in [6.45, 7) is 3.49. The summed E-state index contributed by atoms with van der Waals surface area (Å²) in [5.74, 6) is 0.699. The highest BCUT2D eigenvalue weighted by molar-refractivity contribution is 5.90. The number of amides is 3. The first-order valence-corrected chi connectivity index (χ1v) is 9.55. The lowest BCUT2D eigenvalue weighted by molar-refractivity contribution is -0.171. The minimum absolute atomic E-state index is 0.119. The Kier molecular flexibility index (Phi) is 4.80. The Morgan fingerprint density at radius 2 is 2.00 bits per heavy atom. The number of hydrogen-bond donors (Lipinski definition) is 2. The van der Waals surface area contributed by atoms with E-state index in [0.29, 0.717) is 32.5 Å². The first kappa shape index (κ1) is 18.5. The number of piperidine rings is 1. The van der Waals surface area contributed by atoms with Crippen molar-refractivity contribution in [2.45, 2.75) is 38.0 Å². The standard InChI is InChI=1S/C20H25N5O3/c1-14-5-3-4-6-15(14)23-19(27)24-10-7-20(8-11-24)18-22-9-12-25(18)13-16(28-20)17(26)21-2/h3-6,9,12,16H,7-8,10-11,13H2,1-2H3,(H,21,26)(H,23,27)/t16-/m1/s1. The molecule has 2 N–H and O–H groups in total. The molecule has 2 aliphatic rings. The highest BCUT2D eigenvalue weighted by atomic mass is 16.5. The van der Waals surface area contributed by atoms with Crippen molar-refractivity contribution in [3.63, 3.8) is 0 Å². The van der Waals surface area contributed by atoms with Crippen LogP contribution in [0.5, 0.6) is 0 Å². The van der Waals surface area contributed by atoms with E-state index in [1.165, 1.54) is 0 Å². The van der Waals surface area contributed by atoms with Gasteiger partial charge in [-0.05, 0) is 18.6 Å². The largest absolute Gasteiger partial charge is 0.357 e. The van der Waals surface area contributed by atoms with E-state index in [1.807, 2.05) is 42.0 Å². The molecule has 28 heavy (non-hydrogen) atoms. The SMILES string of the molecule is CNC(=O)[C@H]1Cn2ccnc2C2(CCN(C(=O)Nc3ccccc3C)CC2)O1. The molecule has 8 heteroatoms. The van der Waals surface area contributed by atoms with Crippen molar-refractivity contribution >= 4 is 17.6 Å². The van der Waals surface area contributed by atoms with Gasteiger partial charge in [0.25, 0.3) is 5.91 Å². The molecular formula is C20H25N5O3. The monoisotopic (exact) mass is 383 g/mol. The number of nitrogens with one attached hydrogen (secondary N) is 2. The Labute approximate surface area is 163 Å². The van der Waals surface area contributed by atoms with Gasteiger partial charge in [0.15, 0.2) is 6.10 Å². The molecule has 0 aliphatic carbocycles. The zero-order chi connectivity index (χ0) is 19.7. The molecule has 2 aliphatic heterocycles. The number of fused-ring (bicyclic) bond motifs is 2. The molecule has 8 nitrogen and oxygen atoms in total. The lowest BCUT2D eigenvalue weighted by Gasteiger charge is -2.45. The number of para-hydroxylation sites is 1. The predicted octanol–water partition coefficient (Wildman–Crippen LogP) is 1.86. The number of imidazole rings is 1. The minimum Gasteiger partial charge on any atom is -0.357 e. The minimum atomic E-state index is -0.641. The average molecular weight is 383 g/mol. The van der Waals surface area contributed by atoms with E-state index in [-0.39, 0.29) is 11.9 Å². The Bertz CT molecular complexity index is 885. The third-order valence-corrected chi connectivity index (χ3v) is 5.64. The summed E-state index contributed by atoms with van der Waals surface area (Å²) < 4.78 is 8.26. The maximum Gasteiger partial charge on any atom is 0.321 e. The number of nitrogens with zero attached hydrogens (tertiary/aromatic N) is 3. The van der Waals surface area contributed by atoms with Gasteiger partial charge in [0.05, 0.1) is 6.54 Å². The Morgan fingerprint density at radius 3 is 2.71 bits per heavy atom. The summed E-state index contributed by atoms with van der Waals surface area (Å²) in [5, 5.41) is 5.65. The summed E-state index contributed by atoms with van der Waals surface area (Å²) in [7, 11) is 1.61. The molecule has 1 spiro atoms. The summed E-state index contributed by atoms with van der Waals surface area (Å²) >= 11 is 0. The van der Waals surface area contributed by atoms with E-state index in [9.17, 15) is 9.59 Å². The molecule has 0 unspecified atom stereocenters. The zero-order valence-electron chi connectivity index (χ0n) is 16.1. The fraction of sp³-hybridized carbons (Fsp3) is 0.450. The first-order chi connectivity index (χ1) is 13.5. The lowest BCUT2D eigenvalue weighted by Crippen LogP contribution is -2.54. The molecule has 0 radical (unpaired) electrons. The number of benzene rings is 1. The normalized spacial score (nSPS) is 20.5. The quantitative estimate of drug-likeness (QED) is 0.829. The second-order valence-corrected chi connectivity index (χ2v) is 7.35. The second kappa shape index (κ2) is 7.27. The molecule has 1 fully saturated rings. The van der Waals surface area contributed by atoms with Crippen molar-refractivity contribution in [1.29, 1.82) is 0 Å². The van der Waals surface area contributed by atoms with E-state index >= 15 is 0 Å². The molecule has 1 aromatic carbocycles. The summed E-state index contributed by atoms with van der Waals surface area (Å²) in [6, 6.07) is 7.60. The molecule has 3 heterocycles. The molecule has 2 aromatic rings. The number of likely N-dealkylation sites (tertiary alicyclic amines) is 1. The van der Waals surface area contributed by atoms with Crippen molar-refractivity contribution in [2.24, 2.45) is 0 Å². The number of rotatable bonds is 2. The Balaban J connectivity index is 1.48. The van der Waals surface area contributed by atoms with Gasteiger partial charge >= 0.3 is 6.03 Å². The number of aryl methyl sites for hydroxylation is 1. The van der Waals surface area contributed by atoms with Gasteiger partial charge in [-0.25, -0.2) is 9.78 Å². The van der Waals surface area contributed by atoms with E-state index in [4.69, 9.17) is 4.74 Å². The fourth-order valence-corrected chi connectivity index (χ4v) is 4.01. The van der Waals surface area contributed by atoms with E-state index in [2.05, 4.69) is 15.6 Å². The molecule has 3 amide bonds. The number of hydrogen-bond acceptors (Lipinski definition) is 4. The van der Waals surface area contributed by atoms with E-state index < -0.39 is 11.7 Å². The number of carbonyl (C=O) groups is 2. The van der Waals surface area contributed by atoms with Gasteiger partial charge in [-0.15, -0.1) is 0 Å². The number of aromatic nitrogens is 2. The van der Waals surface area contributed by atoms with Crippen molar-refractivity contribution in [2.75, 3.05) is 25.5 Å². The average Bonchev–Trinajstić information content (AvgIpc) is 3.19. The van der Waals surface area contributed by atoms with E-state index in [1.54, 1.807) is 18.1 Å². The van der Waals surface area contributed by atoms with Crippen LogP contribution in [0.2, 0.25) is 0 Å². The van der Waals surface area contributed by atoms with Crippen LogP contribution < -0.4 is 10.6 Å². The predicted molar refractivity (Wildman–Crippen MR) is 104 cm³/mol. The molecule has 148 valence electrons. The summed E-state index contributed by atoms with van der Waals surface area (Å²) in [6.07, 6.45) is 4.26. The van der Waals surface area contributed by atoms with Crippen LogP contribution in [-0.2, 0) is 21.7 Å². The lowest BCUT2D eigenvalue weighted by atomic mass is 9.88. The van der Waals surface area contributed by atoms with Gasteiger partial charge in [0, 0.05) is 51.1 Å². The van der Waals surface area contributed by atoms with Crippen LogP contribution in [0.15, 0.2) is 36.7 Å². The molecule has 1 atom stereocenters. The molecule has 0 bridgehead atoms. The third-order valence-electron chi connectivity index (χ3n) is 5.64. The van der Waals surface area contributed by atoms with Crippen LogP contribution in [0.4, 0.5) is 10.5 Å². The van der Waals surface area contributed by atoms with Gasteiger partial charge < -0.3 is 24.8 Å². The Hall–Kier alpha value is -2.87. The number of ether oxygens (including phenoxy) is 1. The number of likely N-dealkylation sites (N-methyl/N-ethyl adjacent to an activating group) is 1. The topological polar surface area (TPSA) is 88.5 Å². The van der Waals surface area contributed by atoms with Crippen LogP contribution in [-0.4, -0.2) is 52.6 Å². The maximum absolute atomic E-state index is 12.7. The molecule has 4 rings (SSSR count). The highest BCUT2D eigenvalue weighted by Crippen LogP contribution is 2.40. The highest BCUT2D eigenvalue weighted by Gasteiger charge is 2.47. The van der Waals surface area contributed by atoms with Crippen molar-refractivity contribution in [1.82, 2.24) is 19.8 Å². The molecular weight excluding hydrogens is 358 g/mol. The summed E-state index contributed by atoms with van der Waals surface area (Å²) in [5.41, 5.74) is 1.20. The Morgan fingerprint density at radius 1 is 1.25 bits per heavy atom. The van der Waals surface area contributed by atoms with E-state index in [0.717, 1.165) is 17.1 Å². The van der Waals surface area contributed by atoms with Gasteiger partial charge in [-0.1, -0.05) is 18.2 Å². The number of anilines is 1. The maximum atomic E-state index is 12.7. The van der Waals surface area contributed by atoms with Gasteiger partial charge in [-0.3, -0.25) is 4.79 Å². The smallest absolute Gasteiger partial charge is 0.321 e. The third kappa shape index (κ3) is 3.24. The van der Waals surface area contributed by atoms with Gasteiger partial charge in [-0.2, -0.15) is 0 Å². The van der Waals surface area contributed by atoms with Gasteiger partial charge in [0.1, 0.15) is 11.4 Å². The van der Waals surface area contributed by atoms with Crippen molar-refractivity contribution in [3.8, 4) is 0 Å². The van der Waals surface area contributed by atoms with Gasteiger partial charge in [0.2, 0.25) is 0 Å². The number of carbonyl (C=O) groups excluding carboxylic acids is 2.